The Morgan fingerprint density at radius 3 is 2.71 bits per heavy atom. The second-order valence-electron chi connectivity index (χ2n) is 6.68. The van der Waals surface area contributed by atoms with E-state index in [1.165, 1.54) is 18.6 Å². The molecule has 0 fully saturated rings. The molecule has 2 aromatic heterocycles. The number of benzene rings is 2. The summed E-state index contributed by atoms with van der Waals surface area (Å²) in [6.07, 6.45) is 3.16. The largest absolute Gasteiger partial charge is 0.441 e. The van der Waals surface area contributed by atoms with Crippen molar-refractivity contribution in [1.82, 2.24) is 19.7 Å². The zero-order chi connectivity index (χ0) is 21.8. The zero-order valence-electron chi connectivity index (χ0n) is 16.1. The number of anilines is 1. The summed E-state index contributed by atoms with van der Waals surface area (Å²) in [6.45, 7) is 0.523. The maximum atomic E-state index is 13.8. The Bertz CT molecular complexity index is 1210. The van der Waals surface area contributed by atoms with Crippen molar-refractivity contribution < 1.29 is 18.0 Å². The number of carbonyl (C=O) groups is 1. The topological polar surface area (TPSA) is 85.8 Å². The summed E-state index contributed by atoms with van der Waals surface area (Å²) in [6, 6.07) is 11.0. The fourth-order valence-electron chi connectivity index (χ4n) is 2.85. The van der Waals surface area contributed by atoms with Gasteiger partial charge in [-0.3, -0.25) is 10.1 Å². The van der Waals surface area contributed by atoms with Crippen LogP contribution in [0.4, 0.5) is 14.7 Å². The molecule has 0 aliphatic rings. The molecular formula is C21H16BrF2N5O2. The maximum Gasteiger partial charge on any atom is 0.248 e. The third kappa shape index (κ3) is 5.40. The van der Waals surface area contributed by atoms with Crippen molar-refractivity contribution in [3.8, 4) is 11.3 Å². The number of oxazole rings is 1. The van der Waals surface area contributed by atoms with Crippen molar-refractivity contribution >= 4 is 27.8 Å². The van der Waals surface area contributed by atoms with E-state index in [-0.39, 0.29) is 41.9 Å². The molecule has 158 valence electrons. The molecule has 1 N–H and O–H groups in total. The van der Waals surface area contributed by atoms with Crippen molar-refractivity contribution in [1.29, 1.82) is 0 Å². The monoisotopic (exact) mass is 487 g/mol. The van der Waals surface area contributed by atoms with Gasteiger partial charge < -0.3 is 4.42 Å². The van der Waals surface area contributed by atoms with Crippen molar-refractivity contribution in [2.75, 3.05) is 5.32 Å². The Hall–Kier alpha value is -3.40. The van der Waals surface area contributed by atoms with Crippen LogP contribution in [0.15, 0.2) is 63.9 Å². The number of aromatic nitrogens is 4. The molecule has 0 radical (unpaired) electrons. The number of hydrogen-bond donors (Lipinski definition) is 1. The van der Waals surface area contributed by atoms with Crippen LogP contribution in [-0.2, 0) is 17.8 Å². The van der Waals surface area contributed by atoms with E-state index < -0.39 is 11.6 Å². The van der Waals surface area contributed by atoms with E-state index in [0.717, 1.165) is 22.2 Å². The van der Waals surface area contributed by atoms with Gasteiger partial charge in [0.15, 0.2) is 11.7 Å². The molecule has 0 bridgehead atoms. The van der Waals surface area contributed by atoms with Crippen LogP contribution >= 0.6 is 15.9 Å². The van der Waals surface area contributed by atoms with Crippen molar-refractivity contribution in [2.24, 2.45) is 0 Å². The van der Waals surface area contributed by atoms with E-state index in [9.17, 15) is 13.6 Å². The van der Waals surface area contributed by atoms with Gasteiger partial charge in [-0.1, -0.05) is 28.1 Å². The molecule has 0 atom stereocenters. The molecule has 10 heteroatoms. The third-order valence-electron chi connectivity index (χ3n) is 4.36. The minimum Gasteiger partial charge on any atom is -0.441 e. The van der Waals surface area contributed by atoms with E-state index in [4.69, 9.17) is 4.42 Å². The van der Waals surface area contributed by atoms with E-state index in [2.05, 4.69) is 36.3 Å². The lowest BCUT2D eigenvalue weighted by Crippen LogP contribution is -2.14. The number of carbonyl (C=O) groups excluding carboxylic acids is 1. The van der Waals surface area contributed by atoms with Crippen LogP contribution in [0, 0.1) is 11.6 Å². The van der Waals surface area contributed by atoms with E-state index in [1.807, 2.05) is 24.3 Å². The van der Waals surface area contributed by atoms with Gasteiger partial charge in [0.1, 0.15) is 18.0 Å². The minimum absolute atomic E-state index is 0.0765. The first-order chi connectivity index (χ1) is 15.0. The molecule has 4 aromatic rings. The first-order valence-electron chi connectivity index (χ1n) is 9.30. The Morgan fingerprint density at radius 1 is 1.13 bits per heavy atom. The first-order valence-corrected chi connectivity index (χ1v) is 10.1. The Kier molecular flexibility index (Phi) is 6.17. The van der Waals surface area contributed by atoms with Gasteiger partial charge in [-0.15, -0.1) is 5.10 Å². The number of amides is 1. The molecule has 0 aliphatic heterocycles. The van der Waals surface area contributed by atoms with Crippen LogP contribution in [0.1, 0.15) is 17.9 Å². The fraction of sp³-hybridized carbons (Fsp3) is 0.143. The lowest BCUT2D eigenvalue weighted by molar-refractivity contribution is -0.116. The van der Waals surface area contributed by atoms with Gasteiger partial charge in [0.25, 0.3) is 0 Å². The predicted molar refractivity (Wildman–Crippen MR) is 112 cm³/mol. The number of hydrogen-bond acceptors (Lipinski definition) is 5. The van der Waals surface area contributed by atoms with Gasteiger partial charge in [-0.2, -0.15) is 0 Å². The highest BCUT2D eigenvalue weighted by molar-refractivity contribution is 9.10. The molecule has 7 nitrogen and oxygen atoms in total. The molecular weight excluding hydrogens is 472 g/mol. The molecule has 0 saturated carbocycles. The van der Waals surface area contributed by atoms with Crippen LogP contribution in [0.5, 0.6) is 0 Å². The molecule has 0 spiro atoms. The first kappa shape index (κ1) is 20.9. The maximum absolute atomic E-state index is 13.8. The lowest BCUT2D eigenvalue weighted by atomic mass is 10.2. The Balaban J connectivity index is 1.30. The summed E-state index contributed by atoms with van der Waals surface area (Å²) in [5.74, 6) is -1.10. The standard InChI is InChI=1S/C21H16BrF2N5O2/c22-14-3-1-13(2-4-14)11-29-12-26-21(28-29)27-19(30)7-8-20-25-10-18(31-20)16-6-5-15(23)9-17(16)24/h1-6,9-10,12H,7-8,11H2,(H,27,28,30). The number of aryl methyl sites for hydroxylation is 1. The average molecular weight is 488 g/mol. The summed E-state index contributed by atoms with van der Waals surface area (Å²) < 4.78 is 35.0. The molecule has 2 heterocycles. The Morgan fingerprint density at radius 2 is 1.94 bits per heavy atom. The molecule has 0 saturated heterocycles. The molecule has 4 rings (SSSR count). The molecule has 2 aromatic carbocycles. The highest BCUT2D eigenvalue weighted by Gasteiger charge is 2.14. The summed E-state index contributed by atoms with van der Waals surface area (Å²) in [5, 5.41) is 6.85. The number of rotatable bonds is 7. The molecule has 31 heavy (non-hydrogen) atoms. The summed E-state index contributed by atoms with van der Waals surface area (Å²) >= 11 is 3.39. The van der Waals surface area contributed by atoms with Crippen LogP contribution in [-0.4, -0.2) is 25.7 Å². The smallest absolute Gasteiger partial charge is 0.248 e. The highest BCUT2D eigenvalue weighted by atomic mass is 79.9. The predicted octanol–water partition coefficient (Wildman–Crippen LogP) is 4.59. The number of halogens is 3. The normalized spacial score (nSPS) is 10.9. The number of nitrogens with zero attached hydrogens (tertiary/aromatic N) is 4. The lowest BCUT2D eigenvalue weighted by Gasteiger charge is -2.02. The van der Waals surface area contributed by atoms with Gasteiger partial charge in [0.05, 0.1) is 18.3 Å². The molecule has 1 amide bonds. The van der Waals surface area contributed by atoms with Gasteiger partial charge in [-0.25, -0.2) is 23.4 Å². The van der Waals surface area contributed by atoms with Crippen molar-refractivity contribution in [3.63, 3.8) is 0 Å². The van der Waals surface area contributed by atoms with E-state index >= 15 is 0 Å². The summed E-state index contributed by atoms with van der Waals surface area (Å²) in [7, 11) is 0. The van der Waals surface area contributed by atoms with Gasteiger partial charge in [0, 0.05) is 23.4 Å². The SMILES string of the molecule is O=C(CCc1ncc(-c2ccc(F)cc2F)o1)Nc1ncn(Cc2ccc(Br)cc2)n1. The third-order valence-corrected chi connectivity index (χ3v) is 4.89. The van der Waals surface area contributed by atoms with Crippen LogP contribution < -0.4 is 5.32 Å². The van der Waals surface area contributed by atoms with Crippen LogP contribution in [0.3, 0.4) is 0 Å². The van der Waals surface area contributed by atoms with Crippen LogP contribution in [0.25, 0.3) is 11.3 Å². The highest BCUT2D eigenvalue weighted by Crippen LogP contribution is 2.24. The second kappa shape index (κ2) is 9.17. The quantitative estimate of drug-likeness (QED) is 0.411. The fourth-order valence-corrected chi connectivity index (χ4v) is 3.12. The van der Waals surface area contributed by atoms with Crippen molar-refractivity contribution in [2.45, 2.75) is 19.4 Å². The average Bonchev–Trinajstić information content (AvgIpc) is 3.38. The van der Waals surface area contributed by atoms with E-state index in [1.54, 1.807) is 4.68 Å². The van der Waals surface area contributed by atoms with Gasteiger partial charge in [-0.05, 0) is 29.8 Å². The second-order valence-corrected chi connectivity index (χ2v) is 7.60. The number of nitrogens with one attached hydrogen (secondary N) is 1. The van der Waals surface area contributed by atoms with Gasteiger partial charge >= 0.3 is 0 Å². The minimum atomic E-state index is -0.745. The molecule has 0 aliphatic carbocycles. The Labute approximate surface area is 184 Å². The van der Waals surface area contributed by atoms with E-state index in [0.29, 0.717) is 6.54 Å². The zero-order valence-corrected chi connectivity index (χ0v) is 17.6. The summed E-state index contributed by atoms with van der Waals surface area (Å²) in [4.78, 5) is 20.3. The van der Waals surface area contributed by atoms with Gasteiger partial charge in [0.2, 0.25) is 11.9 Å². The molecule has 0 unspecified atom stereocenters. The summed E-state index contributed by atoms with van der Waals surface area (Å²) in [5.41, 5.74) is 1.15. The van der Waals surface area contributed by atoms with Crippen LogP contribution in [0.2, 0.25) is 0 Å². The van der Waals surface area contributed by atoms with Crippen molar-refractivity contribution in [3.05, 3.63) is 82.6 Å².